The molecule has 1 aliphatic heterocycles. The van der Waals surface area contributed by atoms with Crippen LogP contribution in [-0.4, -0.2) is 33.3 Å². The van der Waals surface area contributed by atoms with Crippen LogP contribution in [0.2, 0.25) is 0 Å². The van der Waals surface area contributed by atoms with Gasteiger partial charge in [-0.3, -0.25) is 9.58 Å². The van der Waals surface area contributed by atoms with Crippen molar-refractivity contribution in [3.05, 3.63) is 18.0 Å². The van der Waals surface area contributed by atoms with Gasteiger partial charge in [0.05, 0.1) is 11.7 Å². The van der Waals surface area contributed by atoms with Crippen LogP contribution in [-0.2, 0) is 6.54 Å². The summed E-state index contributed by atoms with van der Waals surface area (Å²) in [7, 11) is 0. The molecule has 4 nitrogen and oxygen atoms in total. The van der Waals surface area contributed by atoms with Crippen LogP contribution in [0.5, 0.6) is 0 Å². The van der Waals surface area contributed by atoms with Crippen molar-refractivity contribution >= 4 is 0 Å². The minimum Gasteiger partial charge on any atom is -0.326 e. The first kappa shape index (κ1) is 11.6. The second kappa shape index (κ2) is 4.55. The first-order valence-electron chi connectivity index (χ1n) is 6.18. The molecule has 1 aromatic heterocycles. The third kappa shape index (κ3) is 1.99. The quantitative estimate of drug-likeness (QED) is 0.840. The molecule has 1 saturated heterocycles. The molecule has 2 N–H and O–H groups in total. The summed E-state index contributed by atoms with van der Waals surface area (Å²) in [6.07, 6.45) is 3.11. The normalized spacial score (nSPS) is 26.8. The zero-order valence-electron chi connectivity index (χ0n) is 10.4. The van der Waals surface area contributed by atoms with Crippen LogP contribution >= 0.6 is 0 Å². The smallest absolute Gasteiger partial charge is 0.0812 e. The zero-order chi connectivity index (χ0) is 11.7. The van der Waals surface area contributed by atoms with Crippen molar-refractivity contribution in [1.82, 2.24) is 14.7 Å². The highest BCUT2D eigenvalue weighted by Crippen LogP contribution is 2.31. The molecule has 2 heterocycles. The van der Waals surface area contributed by atoms with Gasteiger partial charge in [-0.05, 0) is 33.3 Å². The highest BCUT2D eigenvalue weighted by Gasteiger charge is 2.35. The summed E-state index contributed by atoms with van der Waals surface area (Å²) in [6.45, 7) is 8.56. The fraction of sp³-hybridized carbons (Fsp3) is 0.750. The Bertz CT molecular complexity index is 345. The summed E-state index contributed by atoms with van der Waals surface area (Å²) in [5.41, 5.74) is 7.32. The molecule has 0 aromatic carbocycles. The first-order valence-corrected chi connectivity index (χ1v) is 6.18. The van der Waals surface area contributed by atoms with Crippen molar-refractivity contribution in [2.24, 2.45) is 5.73 Å². The summed E-state index contributed by atoms with van der Waals surface area (Å²) in [4.78, 5) is 2.45. The molecule has 0 amide bonds. The van der Waals surface area contributed by atoms with E-state index in [2.05, 4.69) is 36.8 Å². The Kier molecular flexibility index (Phi) is 3.30. The van der Waals surface area contributed by atoms with Gasteiger partial charge in [-0.15, -0.1) is 0 Å². The van der Waals surface area contributed by atoms with E-state index >= 15 is 0 Å². The molecule has 4 heteroatoms. The van der Waals surface area contributed by atoms with Crippen LogP contribution in [0.1, 0.15) is 38.9 Å². The van der Waals surface area contributed by atoms with E-state index < -0.39 is 0 Å². The van der Waals surface area contributed by atoms with Crippen LogP contribution in [0.3, 0.4) is 0 Å². The van der Waals surface area contributed by atoms with Crippen LogP contribution < -0.4 is 5.73 Å². The maximum Gasteiger partial charge on any atom is 0.0812 e. The molecular weight excluding hydrogens is 200 g/mol. The number of nitrogens with two attached hydrogens (primary N) is 1. The van der Waals surface area contributed by atoms with Crippen molar-refractivity contribution in [3.63, 3.8) is 0 Å². The van der Waals surface area contributed by atoms with Gasteiger partial charge in [0.1, 0.15) is 0 Å². The molecule has 2 rings (SSSR count). The number of aryl methyl sites for hydroxylation is 1. The van der Waals surface area contributed by atoms with Gasteiger partial charge in [0.2, 0.25) is 0 Å². The molecule has 90 valence electrons. The number of aromatic nitrogens is 2. The Morgan fingerprint density at radius 1 is 1.56 bits per heavy atom. The molecule has 0 unspecified atom stereocenters. The summed E-state index contributed by atoms with van der Waals surface area (Å²) >= 11 is 0. The molecule has 1 aromatic rings. The predicted octanol–water partition coefficient (Wildman–Crippen LogP) is 1.39. The molecule has 16 heavy (non-hydrogen) atoms. The summed E-state index contributed by atoms with van der Waals surface area (Å²) in [5.74, 6) is 0. The number of hydrogen-bond acceptors (Lipinski definition) is 3. The Morgan fingerprint density at radius 2 is 2.31 bits per heavy atom. The fourth-order valence-electron chi connectivity index (χ4n) is 2.52. The minimum absolute atomic E-state index is 0.225. The van der Waals surface area contributed by atoms with Gasteiger partial charge in [0.15, 0.2) is 0 Å². The lowest BCUT2D eigenvalue weighted by atomic mass is 10.1. The zero-order valence-corrected chi connectivity index (χ0v) is 10.4. The van der Waals surface area contributed by atoms with E-state index in [1.807, 2.05) is 10.9 Å². The molecule has 0 radical (unpaired) electrons. The van der Waals surface area contributed by atoms with Gasteiger partial charge in [0, 0.05) is 31.4 Å². The molecular formula is C12H22N4. The lowest BCUT2D eigenvalue weighted by Crippen LogP contribution is -2.36. The average Bonchev–Trinajstić information content (AvgIpc) is 2.83. The van der Waals surface area contributed by atoms with E-state index in [1.165, 1.54) is 0 Å². The molecule has 1 aliphatic rings. The van der Waals surface area contributed by atoms with Crippen molar-refractivity contribution < 1.29 is 0 Å². The minimum atomic E-state index is 0.225. The van der Waals surface area contributed by atoms with E-state index in [0.717, 1.165) is 25.2 Å². The van der Waals surface area contributed by atoms with Crippen LogP contribution in [0.4, 0.5) is 0 Å². The molecule has 2 atom stereocenters. The van der Waals surface area contributed by atoms with Crippen LogP contribution in [0.25, 0.3) is 0 Å². The van der Waals surface area contributed by atoms with E-state index in [4.69, 9.17) is 5.73 Å². The lowest BCUT2D eigenvalue weighted by molar-refractivity contribution is 0.194. The Balaban J connectivity index is 2.22. The van der Waals surface area contributed by atoms with Crippen molar-refractivity contribution in [2.45, 2.75) is 51.9 Å². The van der Waals surface area contributed by atoms with Crippen molar-refractivity contribution in [2.75, 3.05) is 6.54 Å². The van der Waals surface area contributed by atoms with Crippen molar-refractivity contribution in [1.29, 1.82) is 0 Å². The highest BCUT2D eigenvalue weighted by atomic mass is 15.3. The van der Waals surface area contributed by atoms with E-state index in [0.29, 0.717) is 12.1 Å². The van der Waals surface area contributed by atoms with E-state index in [-0.39, 0.29) is 6.04 Å². The standard InChI is InChI=1S/C12H22N4/c1-4-15-7-6-11(14-15)12-10(13)5-8-16(12)9(2)3/h6-7,9-10,12H,4-5,8,13H2,1-3H3/t10-,12-/m0/s1. The number of hydrogen-bond donors (Lipinski definition) is 1. The van der Waals surface area contributed by atoms with Gasteiger partial charge >= 0.3 is 0 Å². The molecule has 1 fully saturated rings. The Hall–Kier alpha value is -0.870. The maximum atomic E-state index is 6.20. The predicted molar refractivity (Wildman–Crippen MR) is 65.1 cm³/mol. The molecule has 0 bridgehead atoms. The molecule has 0 aliphatic carbocycles. The largest absolute Gasteiger partial charge is 0.326 e. The summed E-state index contributed by atoms with van der Waals surface area (Å²) in [5, 5.41) is 4.59. The first-order chi connectivity index (χ1) is 7.63. The number of nitrogens with zero attached hydrogens (tertiary/aromatic N) is 3. The monoisotopic (exact) mass is 222 g/mol. The average molecular weight is 222 g/mol. The highest BCUT2D eigenvalue weighted by molar-refractivity contribution is 5.12. The molecule has 0 saturated carbocycles. The van der Waals surface area contributed by atoms with Crippen LogP contribution in [0, 0.1) is 0 Å². The SMILES string of the molecule is CCn1ccc([C@@H]2[C@@H](N)CCN2C(C)C)n1. The molecule has 0 spiro atoms. The number of rotatable bonds is 3. The summed E-state index contributed by atoms with van der Waals surface area (Å²) < 4.78 is 1.97. The van der Waals surface area contributed by atoms with E-state index in [1.54, 1.807) is 0 Å². The van der Waals surface area contributed by atoms with Crippen molar-refractivity contribution in [3.8, 4) is 0 Å². The van der Waals surface area contributed by atoms with Crippen LogP contribution in [0.15, 0.2) is 12.3 Å². The van der Waals surface area contributed by atoms with Gasteiger partial charge in [0.25, 0.3) is 0 Å². The number of likely N-dealkylation sites (tertiary alicyclic amines) is 1. The lowest BCUT2D eigenvalue weighted by Gasteiger charge is -2.28. The fourth-order valence-corrected chi connectivity index (χ4v) is 2.52. The summed E-state index contributed by atoms with van der Waals surface area (Å²) in [6, 6.07) is 3.16. The van der Waals surface area contributed by atoms with Gasteiger partial charge < -0.3 is 5.73 Å². The third-order valence-corrected chi connectivity index (χ3v) is 3.44. The Labute approximate surface area is 97.4 Å². The second-order valence-electron chi connectivity index (χ2n) is 4.83. The maximum absolute atomic E-state index is 6.20. The van der Waals surface area contributed by atoms with Gasteiger partial charge in [-0.2, -0.15) is 5.10 Å². The topological polar surface area (TPSA) is 47.1 Å². The van der Waals surface area contributed by atoms with E-state index in [9.17, 15) is 0 Å². The van der Waals surface area contributed by atoms with Gasteiger partial charge in [-0.25, -0.2) is 0 Å². The third-order valence-electron chi connectivity index (χ3n) is 3.44. The Morgan fingerprint density at radius 3 is 2.88 bits per heavy atom. The second-order valence-corrected chi connectivity index (χ2v) is 4.83. The van der Waals surface area contributed by atoms with Gasteiger partial charge in [-0.1, -0.05) is 0 Å².